The van der Waals surface area contributed by atoms with Gasteiger partial charge in [0.25, 0.3) is 0 Å². The summed E-state index contributed by atoms with van der Waals surface area (Å²) in [6.45, 7) is 2.72. The fourth-order valence-corrected chi connectivity index (χ4v) is 2.09. The number of ether oxygens (including phenoxy) is 1. The van der Waals surface area contributed by atoms with Crippen LogP contribution in [-0.2, 0) is 22.5 Å². The average Bonchev–Trinajstić information content (AvgIpc) is 2.64. The lowest BCUT2D eigenvalue weighted by molar-refractivity contribution is -0.151. The van der Waals surface area contributed by atoms with Crippen LogP contribution in [0.4, 0.5) is 0 Å². The van der Waals surface area contributed by atoms with Crippen molar-refractivity contribution in [3.63, 3.8) is 0 Å². The Morgan fingerprint density at radius 3 is 2.88 bits per heavy atom. The largest absolute Gasteiger partial charge is 0.370 e. The summed E-state index contributed by atoms with van der Waals surface area (Å²) in [5, 5.41) is 4.05. The minimum absolute atomic E-state index is 0.129. The lowest BCUT2D eigenvalue weighted by Gasteiger charge is -2.38. The summed E-state index contributed by atoms with van der Waals surface area (Å²) in [6.07, 6.45) is 4.55. The number of carbonyl (C=O) groups is 1. The van der Waals surface area contributed by atoms with Gasteiger partial charge in [0.15, 0.2) is 5.78 Å². The second-order valence-electron chi connectivity index (χ2n) is 4.14. The zero-order chi connectivity index (χ0) is 11.6. The molecule has 0 spiro atoms. The Morgan fingerprint density at radius 2 is 2.38 bits per heavy atom. The third-order valence-electron chi connectivity index (χ3n) is 3.37. The molecule has 0 unspecified atom stereocenters. The first-order valence-electron chi connectivity index (χ1n) is 5.67. The highest BCUT2D eigenvalue weighted by atomic mass is 16.5. The van der Waals surface area contributed by atoms with E-state index in [-0.39, 0.29) is 5.78 Å². The number of hydrogen-bond donors (Lipinski definition) is 0. The SMILES string of the molecule is CCn1ncnc1CC(=O)C1(OC)CCC1. The summed E-state index contributed by atoms with van der Waals surface area (Å²) in [6, 6.07) is 0. The van der Waals surface area contributed by atoms with Crippen molar-refractivity contribution in [2.45, 2.75) is 44.8 Å². The molecule has 0 aliphatic heterocycles. The molecule has 0 N–H and O–H groups in total. The third kappa shape index (κ3) is 1.75. The van der Waals surface area contributed by atoms with Crippen molar-refractivity contribution < 1.29 is 9.53 Å². The Hall–Kier alpha value is -1.23. The quantitative estimate of drug-likeness (QED) is 0.746. The Kier molecular flexibility index (Phi) is 3.05. The van der Waals surface area contributed by atoms with Gasteiger partial charge in [0.05, 0.1) is 6.42 Å². The van der Waals surface area contributed by atoms with Crippen LogP contribution in [0.1, 0.15) is 32.0 Å². The van der Waals surface area contributed by atoms with Crippen LogP contribution in [0.25, 0.3) is 0 Å². The highest BCUT2D eigenvalue weighted by molar-refractivity contribution is 5.89. The van der Waals surface area contributed by atoms with Gasteiger partial charge in [0.1, 0.15) is 17.8 Å². The lowest BCUT2D eigenvalue weighted by Crippen LogP contribution is -2.48. The molecular weight excluding hydrogens is 206 g/mol. The number of Topliss-reactive ketones (excluding diaryl/α,β-unsaturated/α-hetero) is 1. The predicted molar refractivity (Wildman–Crippen MR) is 58.0 cm³/mol. The van der Waals surface area contributed by atoms with Gasteiger partial charge in [-0.2, -0.15) is 5.10 Å². The van der Waals surface area contributed by atoms with E-state index in [1.807, 2.05) is 6.92 Å². The van der Waals surface area contributed by atoms with E-state index >= 15 is 0 Å². The Bertz CT molecular complexity index is 377. The maximum atomic E-state index is 12.1. The van der Waals surface area contributed by atoms with E-state index < -0.39 is 5.60 Å². The smallest absolute Gasteiger partial charge is 0.172 e. The second kappa shape index (κ2) is 4.33. The number of methoxy groups -OCH3 is 1. The number of aryl methyl sites for hydroxylation is 1. The van der Waals surface area contributed by atoms with Crippen molar-refractivity contribution in [3.05, 3.63) is 12.2 Å². The molecule has 1 fully saturated rings. The summed E-state index contributed by atoms with van der Waals surface area (Å²) in [7, 11) is 1.61. The standard InChI is InChI=1S/C11H17N3O2/c1-3-14-10(12-8-13-14)7-9(15)11(16-2)5-4-6-11/h8H,3-7H2,1-2H3. The molecular formula is C11H17N3O2. The maximum absolute atomic E-state index is 12.1. The predicted octanol–water partition coefficient (Wildman–Crippen LogP) is 0.979. The lowest BCUT2D eigenvalue weighted by atomic mass is 9.76. The van der Waals surface area contributed by atoms with Crippen molar-refractivity contribution in [1.82, 2.24) is 14.8 Å². The molecule has 1 saturated carbocycles. The maximum Gasteiger partial charge on any atom is 0.172 e. The van der Waals surface area contributed by atoms with Crippen LogP contribution in [-0.4, -0.2) is 33.3 Å². The van der Waals surface area contributed by atoms with Crippen LogP contribution in [0, 0.1) is 0 Å². The Morgan fingerprint density at radius 1 is 1.62 bits per heavy atom. The minimum atomic E-state index is -0.537. The van der Waals surface area contributed by atoms with Gasteiger partial charge >= 0.3 is 0 Å². The van der Waals surface area contributed by atoms with Gasteiger partial charge in [0, 0.05) is 13.7 Å². The first-order valence-corrected chi connectivity index (χ1v) is 5.67. The van der Waals surface area contributed by atoms with E-state index in [9.17, 15) is 4.79 Å². The van der Waals surface area contributed by atoms with Crippen molar-refractivity contribution in [2.75, 3.05) is 7.11 Å². The highest BCUT2D eigenvalue weighted by Crippen LogP contribution is 2.36. The molecule has 88 valence electrons. The Labute approximate surface area is 94.8 Å². The summed E-state index contributed by atoms with van der Waals surface area (Å²) < 4.78 is 7.10. The number of rotatable bonds is 5. The first-order chi connectivity index (χ1) is 7.72. The van der Waals surface area contributed by atoms with E-state index in [0.29, 0.717) is 6.42 Å². The molecule has 0 amide bonds. The molecule has 0 radical (unpaired) electrons. The van der Waals surface area contributed by atoms with E-state index in [4.69, 9.17) is 4.74 Å². The van der Waals surface area contributed by atoms with Crippen molar-refractivity contribution in [2.24, 2.45) is 0 Å². The zero-order valence-electron chi connectivity index (χ0n) is 9.77. The van der Waals surface area contributed by atoms with Gasteiger partial charge in [-0.3, -0.25) is 4.79 Å². The average molecular weight is 223 g/mol. The first kappa shape index (κ1) is 11.3. The normalized spacial score (nSPS) is 18.1. The molecule has 5 heteroatoms. The van der Waals surface area contributed by atoms with Crippen LogP contribution in [0.5, 0.6) is 0 Å². The molecule has 1 aliphatic carbocycles. The highest BCUT2D eigenvalue weighted by Gasteiger charge is 2.44. The summed E-state index contributed by atoms with van der Waals surface area (Å²) in [5.41, 5.74) is -0.537. The summed E-state index contributed by atoms with van der Waals surface area (Å²) in [5.74, 6) is 0.861. The fourth-order valence-electron chi connectivity index (χ4n) is 2.09. The molecule has 1 heterocycles. The second-order valence-corrected chi connectivity index (χ2v) is 4.14. The van der Waals surface area contributed by atoms with Gasteiger partial charge in [-0.05, 0) is 26.2 Å². The topological polar surface area (TPSA) is 57.0 Å². The number of hydrogen-bond acceptors (Lipinski definition) is 4. The molecule has 1 aromatic rings. The van der Waals surface area contributed by atoms with Crippen molar-refractivity contribution in [3.8, 4) is 0 Å². The molecule has 1 aliphatic rings. The summed E-state index contributed by atoms with van der Waals surface area (Å²) in [4.78, 5) is 16.2. The van der Waals surface area contributed by atoms with Crippen LogP contribution in [0.2, 0.25) is 0 Å². The van der Waals surface area contributed by atoms with Crippen molar-refractivity contribution in [1.29, 1.82) is 0 Å². The Balaban J connectivity index is 2.07. The summed E-state index contributed by atoms with van der Waals surface area (Å²) >= 11 is 0. The monoisotopic (exact) mass is 223 g/mol. The van der Waals surface area contributed by atoms with Crippen molar-refractivity contribution >= 4 is 5.78 Å². The van der Waals surface area contributed by atoms with E-state index in [0.717, 1.165) is 31.6 Å². The van der Waals surface area contributed by atoms with Gasteiger partial charge < -0.3 is 4.74 Å². The molecule has 5 nitrogen and oxygen atoms in total. The van der Waals surface area contributed by atoms with E-state index in [1.54, 1.807) is 11.8 Å². The fraction of sp³-hybridized carbons (Fsp3) is 0.727. The molecule has 0 bridgehead atoms. The van der Waals surface area contributed by atoms with Gasteiger partial charge in [-0.15, -0.1) is 0 Å². The van der Waals surface area contributed by atoms with E-state index in [1.165, 1.54) is 6.33 Å². The van der Waals surface area contributed by atoms with Gasteiger partial charge in [0.2, 0.25) is 0 Å². The van der Waals surface area contributed by atoms with Crippen LogP contribution in [0.15, 0.2) is 6.33 Å². The van der Waals surface area contributed by atoms with Crippen LogP contribution in [0.3, 0.4) is 0 Å². The molecule has 16 heavy (non-hydrogen) atoms. The third-order valence-corrected chi connectivity index (χ3v) is 3.37. The molecule has 0 atom stereocenters. The van der Waals surface area contributed by atoms with Crippen LogP contribution < -0.4 is 0 Å². The zero-order valence-corrected chi connectivity index (χ0v) is 9.77. The number of ketones is 1. The number of carbonyl (C=O) groups excluding carboxylic acids is 1. The van der Waals surface area contributed by atoms with Gasteiger partial charge in [-0.1, -0.05) is 0 Å². The minimum Gasteiger partial charge on any atom is -0.370 e. The number of nitrogens with zero attached hydrogens (tertiary/aromatic N) is 3. The number of aromatic nitrogens is 3. The van der Waals surface area contributed by atoms with Crippen LogP contribution >= 0.6 is 0 Å². The van der Waals surface area contributed by atoms with E-state index in [2.05, 4.69) is 10.1 Å². The van der Waals surface area contributed by atoms with Gasteiger partial charge in [-0.25, -0.2) is 9.67 Å². The molecule has 1 aromatic heterocycles. The molecule has 0 saturated heterocycles. The molecule has 0 aromatic carbocycles. The molecule has 2 rings (SSSR count).